The minimum atomic E-state index is -1.31. The molecule has 1 atom stereocenters. The summed E-state index contributed by atoms with van der Waals surface area (Å²) in [4.78, 5) is 12.5. The average molecular weight is 409 g/mol. The summed E-state index contributed by atoms with van der Waals surface area (Å²) >= 11 is 6.22. The van der Waals surface area contributed by atoms with Crippen molar-refractivity contribution in [3.63, 3.8) is 0 Å². The highest BCUT2D eigenvalue weighted by Crippen LogP contribution is 2.37. The standard InChI is InChI=1S/C20H19ClF2N2O3/c1-11(2)10-28-19-15(21)6-12(7-18(19)27-3)20(26)25-17(9-24)14-5-4-13(22)8-16(14)23/h4-8,11,17H,10H2,1-3H3,(H,25,26). The molecule has 148 valence electrons. The number of nitrogens with zero attached hydrogens (tertiary/aromatic N) is 1. The first-order valence-electron chi connectivity index (χ1n) is 8.42. The lowest BCUT2D eigenvalue weighted by atomic mass is 10.1. The van der Waals surface area contributed by atoms with E-state index >= 15 is 0 Å². The highest BCUT2D eigenvalue weighted by Gasteiger charge is 2.21. The maximum atomic E-state index is 13.9. The van der Waals surface area contributed by atoms with Crippen molar-refractivity contribution in [3.05, 3.63) is 58.1 Å². The third-order valence-corrected chi connectivity index (χ3v) is 4.01. The molecule has 0 heterocycles. The quantitative estimate of drug-likeness (QED) is 0.723. The van der Waals surface area contributed by atoms with Gasteiger partial charge in [0.15, 0.2) is 11.5 Å². The fourth-order valence-corrected chi connectivity index (χ4v) is 2.64. The molecule has 1 N–H and O–H groups in total. The van der Waals surface area contributed by atoms with Crippen LogP contribution in [0.15, 0.2) is 30.3 Å². The van der Waals surface area contributed by atoms with Crippen LogP contribution < -0.4 is 14.8 Å². The molecule has 0 saturated carbocycles. The Balaban J connectivity index is 2.27. The predicted octanol–water partition coefficient (Wildman–Crippen LogP) is 4.66. The van der Waals surface area contributed by atoms with Crippen LogP contribution in [0.2, 0.25) is 5.02 Å². The van der Waals surface area contributed by atoms with Gasteiger partial charge in [-0.3, -0.25) is 4.79 Å². The summed E-state index contributed by atoms with van der Waals surface area (Å²) in [7, 11) is 1.40. The van der Waals surface area contributed by atoms with Gasteiger partial charge in [0.05, 0.1) is 24.8 Å². The van der Waals surface area contributed by atoms with Gasteiger partial charge >= 0.3 is 0 Å². The Morgan fingerprint density at radius 2 is 2.00 bits per heavy atom. The summed E-state index contributed by atoms with van der Waals surface area (Å²) in [6, 6.07) is 6.01. The number of nitrogens with one attached hydrogen (secondary N) is 1. The van der Waals surface area contributed by atoms with Gasteiger partial charge in [0, 0.05) is 17.2 Å². The second-order valence-corrected chi connectivity index (χ2v) is 6.80. The smallest absolute Gasteiger partial charge is 0.252 e. The number of hydrogen-bond donors (Lipinski definition) is 1. The van der Waals surface area contributed by atoms with E-state index in [1.54, 1.807) is 6.07 Å². The first-order chi connectivity index (χ1) is 13.3. The number of methoxy groups -OCH3 is 1. The molecule has 2 aromatic carbocycles. The van der Waals surface area contributed by atoms with E-state index in [1.807, 2.05) is 13.8 Å². The molecular weight excluding hydrogens is 390 g/mol. The number of hydrogen-bond acceptors (Lipinski definition) is 4. The molecule has 0 fully saturated rings. The molecule has 8 heteroatoms. The van der Waals surface area contributed by atoms with Crippen LogP contribution in [0.1, 0.15) is 35.8 Å². The van der Waals surface area contributed by atoms with Crippen LogP contribution in [-0.4, -0.2) is 19.6 Å². The van der Waals surface area contributed by atoms with Gasteiger partial charge in [0.25, 0.3) is 5.91 Å². The minimum Gasteiger partial charge on any atom is -0.493 e. The van der Waals surface area contributed by atoms with Crippen LogP contribution in [-0.2, 0) is 0 Å². The van der Waals surface area contributed by atoms with Crippen LogP contribution in [0.5, 0.6) is 11.5 Å². The van der Waals surface area contributed by atoms with Crippen molar-refractivity contribution >= 4 is 17.5 Å². The summed E-state index contributed by atoms with van der Waals surface area (Å²) in [6.45, 7) is 4.35. The summed E-state index contributed by atoms with van der Waals surface area (Å²) < 4.78 is 37.9. The van der Waals surface area contributed by atoms with Gasteiger partial charge in [-0.1, -0.05) is 31.5 Å². The number of benzene rings is 2. The number of nitriles is 1. The van der Waals surface area contributed by atoms with E-state index in [-0.39, 0.29) is 27.8 Å². The average Bonchev–Trinajstić information content (AvgIpc) is 2.64. The lowest BCUT2D eigenvalue weighted by molar-refractivity contribution is 0.0944. The van der Waals surface area contributed by atoms with E-state index in [9.17, 15) is 18.8 Å². The molecule has 2 rings (SSSR count). The third-order valence-electron chi connectivity index (χ3n) is 3.73. The van der Waals surface area contributed by atoms with Crippen LogP contribution in [0.4, 0.5) is 8.78 Å². The molecule has 1 amide bonds. The van der Waals surface area contributed by atoms with E-state index < -0.39 is 23.6 Å². The Morgan fingerprint density at radius 3 is 2.57 bits per heavy atom. The second kappa shape index (κ2) is 9.38. The lowest BCUT2D eigenvalue weighted by Crippen LogP contribution is -2.28. The fourth-order valence-electron chi connectivity index (χ4n) is 2.37. The minimum absolute atomic E-state index is 0.0986. The molecule has 2 aromatic rings. The summed E-state index contributed by atoms with van der Waals surface area (Å²) in [6.07, 6.45) is 0. The van der Waals surface area contributed by atoms with Crippen molar-refractivity contribution in [1.82, 2.24) is 5.32 Å². The molecule has 0 aromatic heterocycles. The van der Waals surface area contributed by atoms with E-state index in [0.717, 1.165) is 12.1 Å². The molecule has 5 nitrogen and oxygen atoms in total. The molecule has 0 aliphatic heterocycles. The Labute approximate surface area is 166 Å². The highest BCUT2D eigenvalue weighted by molar-refractivity contribution is 6.32. The predicted molar refractivity (Wildman–Crippen MR) is 101 cm³/mol. The number of carbonyl (C=O) groups excluding carboxylic acids is 1. The van der Waals surface area contributed by atoms with E-state index in [2.05, 4.69) is 5.32 Å². The maximum Gasteiger partial charge on any atom is 0.252 e. The maximum absolute atomic E-state index is 13.9. The largest absolute Gasteiger partial charge is 0.493 e. The SMILES string of the molecule is COc1cc(C(=O)NC(C#N)c2ccc(F)cc2F)cc(Cl)c1OCC(C)C. The van der Waals surface area contributed by atoms with E-state index in [4.69, 9.17) is 21.1 Å². The molecular formula is C20H19ClF2N2O3. The number of amides is 1. The second-order valence-electron chi connectivity index (χ2n) is 6.40. The van der Waals surface area contributed by atoms with Crippen molar-refractivity contribution in [1.29, 1.82) is 5.26 Å². The zero-order chi connectivity index (χ0) is 20.8. The van der Waals surface area contributed by atoms with E-state index in [1.165, 1.54) is 19.2 Å². The van der Waals surface area contributed by atoms with Gasteiger partial charge in [-0.15, -0.1) is 0 Å². The number of halogens is 3. The van der Waals surface area contributed by atoms with Gasteiger partial charge in [-0.2, -0.15) is 5.26 Å². The highest BCUT2D eigenvalue weighted by atomic mass is 35.5. The normalized spacial score (nSPS) is 11.6. The van der Waals surface area contributed by atoms with Gasteiger partial charge in [0.1, 0.15) is 17.7 Å². The third kappa shape index (κ3) is 5.11. The molecule has 0 spiro atoms. The van der Waals surface area contributed by atoms with Gasteiger partial charge in [0.2, 0.25) is 0 Å². The van der Waals surface area contributed by atoms with Crippen molar-refractivity contribution in [2.45, 2.75) is 19.9 Å². The van der Waals surface area contributed by atoms with Crippen molar-refractivity contribution < 1.29 is 23.0 Å². The monoisotopic (exact) mass is 408 g/mol. The van der Waals surface area contributed by atoms with Crippen molar-refractivity contribution in [3.8, 4) is 17.6 Å². The number of rotatable bonds is 7. The van der Waals surface area contributed by atoms with Gasteiger partial charge in [-0.05, 0) is 24.1 Å². The van der Waals surface area contributed by atoms with Crippen LogP contribution in [0.25, 0.3) is 0 Å². The molecule has 0 bridgehead atoms. The zero-order valence-electron chi connectivity index (χ0n) is 15.6. The Kier molecular flexibility index (Phi) is 7.18. The molecule has 0 aliphatic carbocycles. The van der Waals surface area contributed by atoms with Crippen LogP contribution in [0.3, 0.4) is 0 Å². The summed E-state index contributed by atoms with van der Waals surface area (Å²) in [5, 5.41) is 11.8. The molecule has 0 radical (unpaired) electrons. The van der Waals surface area contributed by atoms with E-state index in [0.29, 0.717) is 18.4 Å². The topological polar surface area (TPSA) is 71.3 Å². The molecule has 1 unspecified atom stereocenters. The van der Waals surface area contributed by atoms with Crippen LogP contribution >= 0.6 is 11.6 Å². The molecule has 28 heavy (non-hydrogen) atoms. The first-order valence-corrected chi connectivity index (χ1v) is 8.80. The van der Waals surface area contributed by atoms with Gasteiger partial charge < -0.3 is 14.8 Å². The summed E-state index contributed by atoms with van der Waals surface area (Å²) in [5.41, 5.74) is -0.0475. The van der Waals surface area contributed by atoms with Crippen molar-refractivity contribution in [2.75, 3.05) is 13.7 Å². The van der Waals surface area contributed by atoms with Gasteiger partial charge in [-0.25, -0.2) is 8.78 Å². The first kappa shape index (κ1) is 21.5. The molecule has 0 aliphatic rings. The molecule has 0 saturated heterocycles. The number of ether oxygens (including phenoxy) is 2. The lowest BCUT2D eigenvalue weighted by Gasteiger charge is -2.16. The Hall–Kier alpha value is -2.85. The Morgan fingerprint density at radius 1 is 1.29 bits per heavy atom. The van der Waals surface area contributed by atoms with Crippen LogP contribution in [0, 0.1) is 28.9 Å². The summed E-state index contributed by atoms with van der Waals surface area (Å²) in [5.74, 6) is -1.58. The number of carbonyl (C=O) groups is 1. The van der Waals surface area contributed by atoms with Crippen molar-refractivity contribution in [2.24, 2.45) is 5.92 Å². The Bertz CT molecular complexity index is 913. The fraction of sp³-hybridized carbons (Fsp3) is 0.300. The zero-order valence-corrected chi connectivity index (χ0v) is 16.3.